The van der Waals surface area contributed by atoms with Gasteiger partial charge in [0.25, 0.3) is 0 Å². The molecule has 2 aromatic rings. The lowest BCUT2D eigenvalue weighted by Crippen LogP contribution is -2.46. The largest absolute Gasteiger partial charge is 0.450 e. The number of hydrogen-bond donors (Lipinski definition) is 1. The fourth-order valence-corrected chi connectivity index (χ4v) is 3.96. The molecule has 1 fully saturated rings. The van der Waals surface area contributed by atoms with Gasteiger partial charge in [-0.2, -0.15) is 0 Å². The van der Waals surface area contributed by atoms with Crippen LogP contribution in [-0.2, 0) is 9.53 Å². The molecule has 1 aromatic carbocycles. The van der Waals surface area contributed by atoms with E-state index in [4.69, 9.17) is 4.74 Å². The minimum absolute atomic E-state index is 0.0564. The maximum atomic E-state index is 13.0. The van der Waals surface area contributed by atoms with Crippen LogP contribution >= 0.6 is 11.3 Å². The molecular weight excluding hydrogens is 379 g/mol. The first-order valence-electron chi connectivity index (χ1n) is 9.31. The molecule has 1 aliphatic heterocycles. The molecule has 0 radical (unpaired) electrons. The third-order valence-corrected chi connectivity index (χ3v) is 5.62. The zero-order valence-corrected chi connectivity index (χ0v) is 16.5. The Hall–Kier alpha value is -2.67. The van der Waals surface area contributed by atoms with Gasteiger partial charge in [-0.1, -0.05) is 12.1 Å². The summed E-state index contributed by atoms with van der Waals surface area (Å²) >= 11 is 1.54. The summed E-state index contributed by atoms with van der Waals surface area (Å²) in [4.78, 5) is 27.5. The van der Waals surface area contributed by atoms with E-state index in [-0.39, 0.29) is 23.9 Å². The van der Waals surface area contributed by atoms with Crippen LogP contribution in [0.4, 0.5) is 9.18 Å². The lowest BCUT2D eigenvalue weighted by atomic mass is 10.1. The Labute approximate surface area is 167 Å². The van der Waals surface area contributed by atoms with Gasteiger partial charge in [-0.25, -0.2) is 9.18 Å². The first-order chi connectivity index (χ1) is 13.5. The van der Waals surface area contributed by atoms with E-state index in [0.29, 0.717) is 32.5 Å². The normalized spacial score (nSPS) is 15.0. The van der Waals surface area contributed by atoms with Crippen molar-refractivity contribution in [2.24, 2.45) is 0 Å². The van der Waals surface area contributed by atoms with Crippen LogP contribution in [0.5, 0.6) is 0 Å². The second-order valence-corrected chi connectivity index (χ2v) is 7.63. The van der Waals surface area contributed by atoms with Crippen LogP contribution in [0.1, 0.15) is 24.6 Å². The average Bonchev–Trinajstić information content (AvgIpc) is 3.17. The van der Waals surface area contributed by atoms with Crippen LogP contribution in [0.3, 0.4) is 0 Å². The first kappa shape index (κ1) is 20.1. The number of carbonyl (C=O) groups is 2. The fraction of sp³-hybridized carbons (Fsp3) is 0.333. The second-order valence-electron chi connectivity index (χ2n) is 6.51. The van der Waals surface area contributed by atoms with Crippen LogP contribution in [0.15, 0.2) is 42.5 Å². The fourth-order valence-electron chi connectivity index (χ4n) is 3.04. The van der Waals surface area contributed by atoms with Gasteiger partial charge in [0.15, 0.2) is 0 Å². The topological polar surface area (TPSA) is 58.6 Å². The molecule has 1 N–H and O–H groups in total. The Morgan fingerprint density at radius 1 is 1.21 bits per heavy atom. The Balaban J connectivity index is 1.48. The van der Waals surface area contributed by atoms with Crippen molar-refractivity contribution in [3.63, 3.8) is 0 Å². The molecule has 2 amide bonds. The second kappa shape index (κ2) is 9.50. The van der Waals surface area contributed by atoms with Crippen molar-refractivity contribution in [2.45, 2.75) is 25.8 Å². The van der Waals surface area contributed by atoms with E-state index < -0.39 is 0 Å². The summed E-state index contributed by atoms with van der Waals surface area (Å²) in [6, 6.07) is 10.3. The van der Waals surface area contributed by atoms with Crippen molar-refractivity contribution in [1.82, 2.24) is 10.2 Å². The zero-order chi connectivity index (χ0) is 19.9. The Morgan fingerprint density at radius 3 is 2.61 bits per heavy atom. The minimum Gasteiger partial charge on any atom is -0.450 e. The number of rotatable bonds is 5. The number of amides is 2. The predicted octanol–water partition coefficient (Wildman–Crippen LogP) is 4.30. The standard InChI is InChI=1S/C21H23FN2O3S/c1-2-27-21(26)24-13-11-17(12-14-24)23-20(25)10-8-18-7-9-19(28-18)15-3-5-16(22)6-4-15/h3-10,17H,2,11-14H2,1H3,(H,23,25)/b10-8+. The van der Waals surface area contributed by atoms with Gasteiger partial charge >= 0.3 is 6.09 Å². The number of ether oxygens (including phenoxy) is 1. The summed E-state index contributed by atoms with van der Waals surface area (Å²) in [5.74, 6) is -0.406. The van der Waals surface area contributed by atoms with Crippen LogP contribution in [0, 0.1) is 5.82 Å². The molecule has 0 atom stereocenters. The number of nitrogens with zero attached hydrogens (tertiary/aromatic N) is 1. The smallest absolute Gasteiger partial charge is 0.409 e. The molecule has 28 heavy (non-hydrogen) atoms. The van der Waals surface area contributed by atoms with Crippen molar-refractivity contribution in [3.8, 4) is 10.4 Å². The summed E-state index contributed by atoms with van der Waals surface area (Å²) in [6.07, 6.45) is 4.44. The SMILES string of the molecule is CCOC(=O)N1CCC(NC(=O)/C=C/c2ccc(-c3ccc(F)cc3)s2)CC1. The molecule has 0 bridgehead atoms. The van der Waals surface area contributed by atoms with E-state index in [1.807, 2.05) is 12.1 Å². The predicted molar refractivity (Wildman–Crippen MR) is 109 cm³/mol. The monoisotopic (exact) mass is 402 g/mol. The van der Waals surface area contributed by atoms with Crippen molar-refractivity contribution >= 4 is 29.4 Å². The molecule has 0 spiro atoms. The quantitative estimate of drug-likeness (QED) is 0.759. The van der Waals surface area contributed by atoms with Gasteiger partial charge in [0.05, 0.1) is 6.61 Å². The molecule has 1 saturated heterocycles. The summed E-state index contributed by atoms with van der Waals surface area (Å²) in [7, 11) is 0. The van der Waals surface area contributed by atoms with E-state index in [2.05, 4.69) is 5.32 Å². The number of benzene rings is 1. The maximum absolute atomic E-state index is 13.0. The number of nitrogens with one attached hydrogen (secondary N) is 1. The zero-order valence-electron chi connectivity index (χ0n) is 15.7. The Kier molecular flexibility index (Phi) is 6.81. The van der Waals surface area contributed by atoms with Crippen molar-refractivity contribution in [1.29, 1.82) is 0 Å². The Morgan fingerprint density at radius 2 is 1.93 bits per heavy atom. The molecule has 148 valence electrons. The first-order valence-corrected chi connectivity index (χ1v) is 10.1. The summed E-state index contributed by atoms with van der Waals surface area (Å²) in [5, 5.41) is 2.98. The molecule has 5 nitrogen and oxygen atoms in total. The molecule has 2 heterocycles. The molecule has 1 aliphatic rings. The number of thiophene rings is 1. The number of piperidine rings is 1. The molecule has 1 aromatic heterocycles. The lowest BCUT2D eigenvalue weighted by molar-refractivity contribution is -0.117. The Bertz CT molecular complexity index is 840. The number of likely N-dealkylation sites (tertiary alicyclic amines) is 1. The van der Waals surface area contributed by atoms with Gasteiger partial charge in [-0.05, 0) is 55.7 Å². The highest BCUT2D eigenvalue weighted by atomic mass is 32.1. The maximum Gasteiger partial charge on any atom is 0.409 e. The number of halogens is 1. The number of carbonyl (C=O) groups excluding carboxylic acids is 2. The highest BCUT2D eigenvalue weighted by Gasteiger charge is 2.24. The van der Waals surface area contributed by atoms with E-state index in [9.17, 15) is 14.0 Å². The highest BCUT2D eigenvalue weighted by molar-refractivity contribution is 7.16. The van der Waals surface area contributed by atoms with Crippen molar-refractivity contribution < 1.29 is 18.7 Å². The van der Waals surface area contributed by atoms with Gasteiger partial charge < -0.3 is 15.0 Å². The summed E-state index contributed by atoms with van der Waals surface area (Å²) in [6.45, 7) is 3.32. The van der Waals surface area contributed by atoms with Gasteiger partial charge in [-0.15, -0.1) is 11.3 Å². The highest BCUT2D eigenvalue weighted by Crippen LogP contribution is 2.28. The summed E-state index contributed by atoms with van der Waals surface area (Å²) < 4.78 is 18.0. The number of hydrogen-bond acceptors (Lipinski definition) is 4. The van der Waals surface area contributed by atoms with Crippen LogP contribution < -0.4 is 5.32 Å². The third kappa shape index (κ3) is 5.42. The van der Waals surface area contributed by atoms with Gasteiger partial charge in [0, 0.05) is 35.0 Å². The van der Waals surface area contributed by atoms with Crippen molar-refractivity contribution in [3.05, 3.63) is 53.2 Å². The molecule has 0 unspecified atom stereocenters. The van der Waals surface area contributed by atoms with Crippen LogP contribution in [0.25, 0.3) is 16.5 Å². The molecular formula is C21H23FN2O3S. The molecule has 0 saturated carbocycles. The lowest BCUT2D eigenvalue weighted by Gasteiger charge is -2.31. The van der Waals surface area contributed by atoms with Crippen LogP contribution in [-0.4, -0.2) is 42.6 Å². The average molecular weight is 402 g/mol. The van der Waals surface area contributed by atoms with Crippen molar-refractivity contribution in [2.75, 3.05) is 19.7 Å². The van der Waals surface area contributed by atoms with Crippen LogP contribution in [0.2, 0.25) is 0 Å². The summed E-state index contributed by atoms with van der Waals surface area (Å²) in [5.41, 5.74) is 0.948. The third-order valence-electron chi connectivity index (χ3n) is 4.52. The van der Waals surface area contributed by atoms with E-state index in [1.54, 1.807) is 41.4 Å². The van der Waals surface area contributed by atoms with E-state index >= 15 is 0 Å². The minimum atomic E-state index is -0.290. The van der Waals surface area contributed by atoms with E-state index in [0.717, 1.165) is 15.3 Å². The molecule has 0 aliphatic carbocycles. The molecule has 7 heteroatoms. The van der Waals surface area contributed by atoms with Gasteiger partial charge in [-0.3, -0.25) is 4.79 Å². The molecule has 3 rings (SSSR count). The van der Waals surface area contributed by atoms with Gasteiger partial charge in [0.1, 0.15) is 5.82 Å². The van der Waals surface area contributed by atoms with E-state index in [1.165, 1.54) is 18.2 Å². The van der Waals surface area contributed by atoms with Gasteiger partial charge in [0.2, 0.25) is 5.91 Å².